The highest BCUT2D eigenvalue weighted by Gasteiger charge is 2.21. The van der Waals surface area contributed by atoms with Gasteiger partial charge in [0.25, 0.3) is 0 Å². The summed E-state index contributed by atoms with van der Waals surface area (Å²) in [5.41, 5.74) is 4.13. The lowest BCUT2D eigenvalue weighted by Gasteiger charge is -2.17. The number of nitrogens with zero attached hydrogens (tertiary/aromatic N) is 2. The summed E-state index contributed by atoms with van der Waals surface area (Å²) in [7, 11) is 0. The van der Waals surface area contributed by atoms with Gasteiger partial charge in [-0.2, -0.15) is 5.10 Å². The molecule has 19 heavy (non-hydrogen) atoms. The average Bonchev–Trinajstić information content (AvgIpc) is 2.77. The Morgan fingerprint density at radius 3 is 2.26 bits per heavy atom. The molecule has 0 aliphatic heterocycles. The van der Waals surface area contributed by atoms with Gasteiger partial charge >= 0.3 is 0 Å². The quantitative estimate of drug-likeness (QED) is 0.769. The molecule has 0 radical (unpaired) electrons. The second-order valence-electron chi connectivity index (χ2n) is 5.38. The Morgan fingerprint density at radius 2 is 1.79 bits per heavy atom. The zero-order valence-corrected chi connectivity index (χ0v) is 13.6. The van der Waals surface area contributed by atoms with E-state index in [1.165, 1.54) is 29.8 Å². The van der Waals surface area contributed by atoms with Crippen LogP contribution in [0, 0.1) is 0 Å². The van der Waals surface area contributed by atoms with Crippen LogP contribution in [0.4, 0.5) is 0 Å². The molecule has 0 bridgehead atoms. The van der Waals surface area contributed by atoms with E-state index >= 15 is 0 Å². The van der Waals surface area contributed by atoms with Crippen LogP contribution in [0.15, 0.2) is 0 Å². The molecule has 0 saturated heterocycles. The van der Waals surface area contributed by atoms with Crippen LogP contribution in [0.3, 0.4) is 0 Å². The fourth-order valence-corrected chi connectivity index (χ4v) is 2.96. The maximum Gasteiger partial charge on any atom is 0.0672 e. The number of hydrogen-bond acceptors (Lipinski definition) is 2. The molecule has 1 aromatic heterocycles. The first kappa shape index (κ1) is 16.2. The number of hydrogen-bond donors (Lipinski definition) is 1. The zero-order valence-electron chi connectivity index (χ0n) is 13.6. The number of aromatic nitrogens is 2. The van der Waals surface area contributed by atoms with Gasteiger partial charge in [0.15, 0.2) is 0 Å². The van der Waals surface area contributed by atoms with Crippen molar-refractivity contribution < 1.29 is 0 Å². The third-order valence-corrected chi connectivity index (χ3v) is 3.86. The molecule has 1 N–H and O–H groups in total. The molecule has 0 aliphatic carbocycles. The van der Waals surface area contributed by atoms with Crippen molar-refractivity contribution in [2.75, 3.05) is 6.54 Å². The van der Waals surface area contributed by atoms with Gasteiger partial charge in [-0.15, -0.1) is 0 Å². The summed E-state index contributed by atoms with van der Waals surface area (Å²) in [5, 5.41) is 8.44. The second kappa shape index (κ2) is 7.68. The summed E-state index contributed by atoms with van der Waals surface area (Å²) >= 11 is 0. The summed E-state index contributed by atoms with van der Waals surface area (Å²) in [5.74, 6) is 0. The molecule has 3 nitrogen and oxygen atoms in total. The lowest BCUT2D eigenvalue weighted by atomic mass is 10.0. The van der Waals surface area contributed by atoms with E-state index in [1.54, 1.807) is 0 Å². The Morgan fingerprint density at radius 1 is 1.11 bits per heavy atom. The predicted octanol–water partition coefficient (Wildman–Crippen LogP) is 4.04. The highest BCUT2D eigenvalue weighted by molar-refractivity contribution is 5.30. The molecule has 2 atom stereocenters. The van der Waals surface area contributed by atoms with Gasteiger partial charge in [0.2, 0.25) is 0 Å². The average molecular weight is 265 g/mol. The van der Waals surface area contributed by atoms with E-state index in [-0.39, 0.29) is 0 Å². The summed E-state index contributed by atoms with van der Waals surface area (Å²) in [6.45, 7) is 14.4. The second-order valence-corrected chi connectivity index (χ2v) is 5.38. The lowest BCUT2D eigenvalue weighted by Crippen LogP contribution is -2.20. The smallest absolute Gasteiger partial charge is 0.0672 e. The standard InChI is InChI=1S/C16H31N3/c1-7-11-12(5)19-15(9-3)16(13(6)17-10-4)14(8-2)18-19/h12-13,17H,7-11H2,1-6H3. The largest absolute Gasteiger partial charge is 0.310 e. The summed E-state index contributed by atoms with van der Waals surface area (Å²) in [6.07, 6.45) is 4.49. The van der Waals surface area contributed by atoms with Crippen LogP contribution in [-0.4, -0.2) is 16.3 Å². The van der Waals surface area contributed by atoms with E-state index in [0.29, 0.717) is 12.1 Å². The van der Waals surface area contributed by atoms with Crippen molar-refractivity contribution in [2.24, 2.45) is 0 Å². The molecule has 0 aromatic carbocycles. The molecule has 0 spiro atoms. The van der Waals surface area contributed by atoms with Crippen molar-refractivity contribution >= 4 is 0 Å². The van der Waals surface area contributed by atoms with Crippen LogP contribution in [0.25, 0.3) is 0 Å². The van der Waals surface area contributed by atoms with Gasteiger partial charge in [-0.05, 0) is 39.7 Å². The Bertz CT molecular complexity index is 382. The van der Waals surface area contributed by atoms with Crippen molar-refractivity contribution in [3.63, 3.8) is 0 Å². The van der Waals surface area contributed by atoms with Gasteiger partial charge in [0.1, 0.15) is 0 Å². The highest BCUT2D eigenvalue weighted by atomic mass is 15.3. The molecule has 1 aromatic rings. The summed E-state index contributed by atoms with van der Waals surface area (Å²) in [6, 6.07) is 0.908. The van der Waals surface area contributed by atoms with Crippen LogP contribution in [0.5, 0.6) is 0 Å². The fraction of sp³-hybridized carbons (Fsp3) is 0.812. The minimum absolute atomic E-state index is 0.400. The SMILES string of the molecule is CCCC(C)n1nc(CC)c(C(C)NCC)c1CC. The third-order valence-electron chi connectivity index (χ3n) is 3.86. The van der Waals surface area contributed by atoms with Gasteiger partial charge in [-0.25, -0.2) is 0 Å². The van der Waals surface area contributed by atoms with Crippen LogP contribution in [0.2, 0.25) is 0 Å². The number of rotatable bonds is 8. The normalized spacial score (nSPS) is 14.6. The highest BCUT2D eigenvalue weighted by Crippen LogP contribution is 2.27. The minimum Gasteiger partial charge on any atom is -0.310 e. The van der Waals surface area contributed by atoms with Gasteiger partial charge in [-0.3, -0.25) is 4.68 Å². The molecule has 0 aliphatic rings. The molecule has 110 valence electrons. The van der Waals surface area contributed by atoms with E-state index in [2.05, 4.69) is 51.5 Å². The number of nitrogens with one attached hydrogen (secondary N) is 1. The molecule has 0 fully saturated rings. The number of aryl methyl sites for hydroxylation is 1. The first-order valence-corrected chi connectivity index (χ1v) is 7.93. The van der Waals surface area contributed by atoms with Crippen molar-refractivity contribution in [2.45, 2.75) is 79.3 Å². The molecule has 2 unspecified atom stereocenters. The van der Waals surface area contributed by atoms with Crippen molar-refractivity contribution in [3.8, 4) is 0 Å². The zero-order chi connectivity index (χ0) is 14.4. The Hall–Kier alpha value is -0.830. The molecular formula is C16H31N3. The molecule has 0 amide bonds. The topological polar surface area (TPSA) is 29.9 Å². The molecular weight excluding hydrogens is 234 g/mol. The lowest BCUT2D eigenvalue weighted by molar-refractivity contribution is 0.437. The van der Waals surface area contributed by atoms with Crippen LogP contribution < -0.4 is 5.32 Å². The first-order chi connectivity index (χ1) is 9.10. The molecule has 0 saturated carbocycles. The minimum atomic E-state index is 0.400. The van der Waals surface area contributed by atoms with Crippen LogP contribution in [0.1, 0.15) is 83.4 Å². The maximum atomic E-state index is 4.90. The van der Waals surface area contributed by atoms with Gasteiger partial charge < -0.3 is 5.32 Å². The van der Waals surface area contributed by atoms with Crippen molar-refractivity contribution in [1.82, 2.24) is 15.1 Å². The van der Waals surface area contributed by atoms with Crippen LogP contribution in [-0.2, 0) is 12.8 Å². The van der Waals surface area contributed by atoms with Gasteiger partial charge in [0, 0.05) is 23.3 Å². The predicted molar refractivity (Wildman–Crippen MR) is 82.7 cm³/mol. The van der Waals surface area contributed by atoms with Crippen molar-refractivity contribution in [3.05, 3.63) is 17.0 Å². The third kappa shape index (κ3) is 3.59. The van der Waals surface area contributed by atoms with Gasteiger partial charge in [0.05, 0.1) is 5.69 Å². The molecule has 1 heterocycles. The Balaban J connectivity index is 3.20. The van der Waals surface area contributed by atoms with Crippen LogP contribution >= 0.6 is 0 Å². The van der Waals surface area contributed by atoms with Gasteiger partial charge in [-0.1, -0.05) is 34.1 Å². The van der Waals surface area contributed by atoms with E-state index in [9.17, 15) is 0 Å². The van der Waals surface area contributed by atoms with E-state index in [0.717, 1.165) is 19.4 Å². The van der Waals surface area contributed by atoms with E-state index in [1.807, 2.05) is 0 Å². The Kier molecular flexibility index (Phi) is 6.56. The Labute approximate surface area is 118 Å². The molecule has 3 heteroatoms. The summed E-state index contributed by atoms with van der Waals surface area (Å²) in [4.78, 5) is 0. The van der Waals surface area contributed by atoms with E-state index < -0.39 is 0 Å². The molecule has 1 rings (SSSR count). The maximum absolute atomic E-state index is 4.90. The summed E-state index contributed by atoms with van der Waals surface area (Å²) < 4.78 is 2.28. The van der Waals surface area contributed by atoms with E-state index in [4.69, 9.17) is 5.10 Å². The van der Waals surface area contributed by atoms with Crippen molar-refractivity contribution in [1.29, 1.82) is 0 Å². The fourth-order valence-electron chi connectivity index (χ4n) is 2.96. The monoisotopic (exact) mass is 265 g/mol. The first-order valence-electron chi connectivity index (χ1n) is 7.93.